The van der Waals surface area contributed by atoms with Crippen LogP contribution in [0.3, 0.4) is 0 Å². The Labute approximate surface area is 190 Å². The van der Waals surface area contributed by atoms with Crippen molar-refractivity contribution in [1.29, 1.82) is 5.41 Å². The van der Waals surface area contributed by atoms with Gasteiger partial charge in [-0.2, -0.15) is 0 Å². The number of hydrogen-bond acceptors (Lipinski definition) is 5. The van der Waals surface area contributed by atoms with Crippen LogP contribution in [0, 0.1) is 11.2 Å². The Kier molecular flexibility index (Phi) is 7.73. The molecule has 0 fully saturated rings. The summed E-state index contributed by atoms with van der Waals surface area (Å²) in [5, 5.41) is 12.7. The number of nitrogens with one attached hydrogen (secondary N) is 3. The molecule has 1 heterocycles. The summed E-state index contributed by atoms with van der Waals surface area (Å²) in [6.45, 7) is 0.574. The number of aryl methyl sites for hydroxylation is 1. The lowest BCUT2D eigenvalue weighted by Crippen LogP contribution is -2.34. The van der Waals surface area contributed by atoms with E-state index in [4.69, 9.17) is 15.9 Å². The zero-order valence-corrected chi connectivity index (χ0v) is 18.2. The molecule has 5 N–H and O–H groups in total. The number of amidine groups is 1. The summed E-state index contributed by atoms with van der Waals surface area (Å²) >= 11 is 0. The zero-order valence-electron chi connectivity index (χ0n) is 18.2. The van der Waals surface area contributed by atoms with Gasteiger partial charge in [-0.1, -0.05) is 6.07 Å². The average molecular weight is 455 g/mol. The SMILES string of the molecule is COCCN(C(=O)CCC(=O)Nc1ccc(C(=N)N)c(F)c1)c1ccc2c(c1)NC(=O)CC2. The molecule has 1 aliphatic heterocycles. The Balaban J connectivity index is 1.65. The number of benzene rings is 2. The van der Waals surface area contributed by atoms with Crippen molar-refractivity contribution in [2.75, 3.05) is 35.8 Å². The number of methoxy groups -OCH3 is 1. The molecule has 0 saturated heterocycles. The van der Waals surface area contributed by atoms with Crippen molar-refractivity contribution in [3.05, 3.63) is 53.3 Å². The van der Waals surface area contributed by atoms with Gasteiger partial charge in [-0.3, -0.25) is 19.8 Å². The van der Waals surface area contributed by atoms with E-state index in [9.17, 15) is 18.8 Å². The van der Waals surface area contributed by atoms with Gasteiger partial charge in [-0.25, -0.2) is 4.39 Å². The first-order valence-electron chi connectivity index (χ1n) is 10.4. The van der Waals surface area contributed by atoms with E-state index < -0.39 is 17.6 Å². The summed E-state index contributed by atoms with van der Waals surface area (Å²) in [7, 11) is 1.53. The number of nitrogens with zero attached hydrogens (tertiary/aromatic N) is 1. The lowest BCUT2D eigenvalue weighted by Gasteiger charge is -2.25. The van der Waals surface area contributed by atoms with Crippen LogP contribution < -0.4 is 21.3 Å². The first-order valence-corrected chi connectivity index (χ1v) is 10.4. The predicted octanol–water partition coefficient (Wildman–Crippen LogP) is 2.39. The van der Waals surface area contributed by atoms with Gasteiger partial charge >= 0.3 is 0 Å². The molecular formula is C23H26FN5O4. The predicted molar refractivity (Wildman–Crippen MR) is 123 cm³/mol. The number of fused-ring (bicyclic) bond motifs is 1. The van der Waals surface area contributed by atoms with E-state index in [2.05, 4.69) is 10.6 Å². The monoisotopic (exact) mass is 455 g/mol. The van der Waals surface area contributed by atoms with Crippen molar-refractivity contribution >= 4 is 40.6 Å². The number of ether oxygens (including phenoxy) is 1. The fourth-order valence-corrected chi connectivity index (χ4v) is 3.50. The Morgan fingerprint density at radius 2 is 2.00 bits per heavy atom. The topological polar surface area (TPSA) is 138 Å². The lowest BCUT2D eigenvalue weighted by atomic mass is 10.0. The van der Waals surface area contributed by atoms with E-state index in [-0.39, 0.29) is 42.5 Å². The van der Waals surface area contributed by atoms with Crippen molar-refractivity contribution in [2.45, 2.75) is 25.7 Å². The summed E-state index contributed by atoms with van der Waals surface area (Å²) in [5.41, 5.74) is 7.71. The normalized spacial score (nSPS) is 12.5. The Morgan fingerprint density at radius 3 is 2.70 bits per heavy atom. The maximum atomic E-state index is 14.0. The molecular weight excluding hydrogens is 429 g/mol. The Hall–Kier alpha value is -3.79. The highest BCUT2D eigenvalue weighted by Crippen LogP contribution is 2.28. The third kappa shape index (κ3) is 6.13. The number of hydrogen-bond donors (Lipinski definition) is 4. The van der Waals surface area contributed by atoms with Crippen molar-refractivity contribution in [1.82, 2.24) is 0 Å². The van der Waals surface area contributed by atoms with Gasteiger partial charge in [0.2, 0.25) is 17.7 Å². The van der Waals surface area contributed by atoms with Crippen molar-refractivity contribution in [3.8, 4) is 0 Å². The van der Waals surface area contributed by atoms with Crippen LogP contribution in [0.25, 0.3) is 0 Å². The molecule has 0 aromatic heterocycles. The van der Waals surface area contributed by atoms with Gasteiger partial charge < -0.3 is 26.0 Å². The van der Waals surface area contributed by atoms with Gasteiger partial charge in [0.1, 0.15) is 11.7 Å². The summed E-state index contributed by atoms with van der Waals surface area (Å²) in [5.74, 6) is -1.94. The molecule has 33 heavy (non-hydrogen) atoms. The first-order chi connectivity index (χ1) is 15.8. The number of carbonyl (C=O) groups excluding carboxylic acids is 3. The number of anilines is 3. The second kappa shape index (κ2) is 10.7. The Bertz CT molecular complexity index is 1090. The summed E-state index contributed by atoms with van der Waals surface area (Å²) in [6, 6.07) is 9.25. The molecule has 9 nitrogen and oxygen atoms in total. The highest BCUT2D eigenvalue weighted by Gasteiger charge is 2.21. The van der Waals surface area contributed by atoms with Crippen LogP contribution >= 0.6 is 0 Å². The second-order valence-corrected chi connectivity index (χ2v) is 7.58. The fraction of sp³-hybridized carbons (Fsp3) is 0.304. The molecule has 0 radical (unpaired) electrons. The van der Waals surface area contributed by atoms with Gasteiger partial charge in [-0.15, -0.1) is 0 Å². The number of carbonyl (C=O) groups is 3. The third-order valence-corrected chi connectivity index (χ3v) is 5.23. The summed E-state index contributed by atoms with van der Waals surface area (Å²) in [6.07, 6.45) is 0.879. The maximum absolute atomic E-state index is 14.0. The third-order valence-electron chi connectivity index (χ3n) is 5.23. The van der Waals surface area contributed by atoms with E-state index >= 15 is 0 Å². The molecule has 3 rings (SSSR count). The first kappa shape index (κ1) is 23.9. The number of halogens is 1. The van der Waals surface area contributed by atoms with Crippen LogP contribution in [0.4, 0.5) is 21.5 Å². The minimum Gasteiger partial charge on any atom is -0.384 e. The Morgan fingerprint density at radius 1 is 1.21 bits per heavy atom. The number of nitrogen functional groups attached to an aromatic ring is 1. The molecule has 10 heteroatoms. The largest absolute Gasteiger partial charge is 0.384 e. The van der Waals surface area contributed by atoms with Crippen molar-refractivity contribution < 1.29 is 23.5 Å². The highest BCUT2D eigenvalue weighted by molar-refractivity contribution is 6.00. The molecule has 0 unspecified atom stereocenters. The standard InChI is InChI=1S/C23H26FN5O4/c1-33-11-10-29(16-5-2-14-3-7-21(31)28-19(14)13-16)22(32)9-8-20(30)27-15-4-6-17(23(25)26)18(24)12-15/h2,4-6,12-13H,3,7-11H2,1H3,(H3,25,26)(H,27,30)(H,28,31). The smallest absolute Gasteiger partial charge is 0.227 e. The molecule has 1 aliphatic rings. The zero-order chi connectivity index (χ0) is 24.0. The van der Waals surface area contributed by atoms with E-state index in [0.717, 1.165) is 11.6 Å². The van der Waals surface area contributed by atoms with E-state index in [1.165, 1.54) is 24.1 Å². The van der Waals surface area contributed by atoms with Crippen LogP contribution in [0.15, 0.2) is 36.4 Å². The molecule has 0 spiro atoms. The number of rotatable bonds is 9. The molecule has 174 valence electrons. The van der Waals surface area contributed by atoms with Gasteiger partial charge in [-0.05, 0) is 42.3 Å². The number of amides is 3. The minimum atomic E-state index is -0.721. The van der Waals surface area contributed by atoms with Crippen molar-refractivity contribution in [3.63, 3.8) is 0 Å². The van der Waals surface area contributed by atoms with Crippen LogP contribution in [0.5, 0.6) is 0 Å². The van der Waals surface area contributed by atoms with Crippen LogP contribution in [-0.4, -0.2) is 43.8 Å². The van der Waals surface area contributed by atoms with E-state index in [1.54, 1.807) is 6.07 Å². The summed E-state index contributed by atoms with van der Waals surface area (Å²) in [4.78, 5) is 38.5. The van der Waals surface area contributed by atoms with Gasteiger partial charge in [0.15, 0.2) is 0 Å². The number of nitrogens with two attached hydrogens (primary N) is 1. The molecule has 3 amide bonds. The van der Waals surface area contributed by atoms with Gasteiger partial charge in [0.05, 0.1) is 12.2 Å². The highest BCUT2D eigenvalue weighted by atomic mass is 19.1. The minimum absolute atomic E-state index is 0.0572. The van der Waals surface area contributed by atoms with Gasteiger partial charge in [0, 0.05) is 50.0 Å². The van der Waals surface area contributed by atoms with Crippen molar-refractivity contribution in [2.24, 2.45) is 5.73 Å². The van der Waals surface area contributed by atoms with E-state index in [1.807, 2.05) is 12.1 Å². The van der Waals surface area contributed by atoms with Gasteiger partial charge in [0.25, 0.3) is 0 Å². The van der Waals surface area contributed by atoms with Crippen LogP contribution in [0.1, 0.15) is 30.4 Å². The maximum Gasteiger partial charge on any atom is 0.227 e. The van der Waals surface area contributed by atoms with Crippen LogP contribution in [0.2, 0.25) is 0 Å². The molecule has 0 atom stereocenters. The second-order valence-electron chi connectivity index (χ2n) is 7.58. The quantitative estimate of drug-likeness (QED) is 0.340. The molecule has 2 aromatic carbocycles. The molecule has 0 saturated carbocycles. The fourth-order valence-electron chi connectivity index (χ4n) is 3.50. The lowest BCUT2D eigenvalue weighted by molar-refractivity contribution is -0.122. The molecule has 2 aromatic rings. The van der Waals surface area contributed by atoms with Crippen LogP contribution in [-0.2, 0) is 25.5 Å². The van der Waals surface area contributed by atoms with E-state index in [0.29, 0.717) is 30.8 Å². The average Bonchev–Trinajstić information content (AvgIpc) is 2.77. The molecule has 0 aliphatic carbocycles. The summed E-state index contributed by atoms with van der Waals surface area (Å²) < 4.78 is 19.1. The molecule has 0 bridgehead atoms.